The molecule has 2 saturated heterocycles. The Labute approximate surface area is 149 Å². The van der Waals surface area contributed by atoms with Crippen molar-refractivity contribution >= 4 is 23.3 Å². The van der Waals surface area contributed by atoms with Gasteiger partial charge in [-0.2, -0.15) is 0 Å². The predicted octanol–water partition coefficient (Wildman–Crippen LogP) is 2.91. The summed E-state index contributed by atoms with van der Waals surface area (Å²) in [5.74, 6) is -0.0484. The maximum Gasteiger partial charge on any atom is 0.407 e. The van der Waals surface area contributed by atoms with Crippen molar-refractivity contribution in [1.82, 2.24) is 15.2 Å². The summed E-state index contributed by atoms with van der Waals surface area (Å²) < 4.78 is 5.46. The normalized spacial score (nSPS) is 23.2. The molecule has 0 bridgehead atoms. The molecule has 25 heavy (non-hydrogen) atoms. The Balaban J connectivity index is 1.46. The van der Waals surface area contributed by atoms with Crippen LogP contribution in [-0.4, -0.2) is 47.1 Å². The van der Waals surface area contributed by atoms with E-state index in [0.29, 0.717) is 31.7 Å². The van der Waals surface area contributed by atoms with Crippen molar-refractivity contribution in [2.24, 2.45) is 0 Å². The fourth-order valence-corrected chi connectivity index (χ4v) is 4.20. The Bertz CT molecular complexity index is 792. The summed E-state index contributed by atoms with van der Waals surface area (Å²) in [6.45, 7) is 1.77. The third kappa shape index (κ3) is 3.24. The second-order valence-corrected chi connectivity index (χ2v) is 7.33. The Morgan fingerprint density at radius 1 is 1.24 bits per heavy atom. The van der Waals surface area contributed by atoms with Gasteiger partial charge >= 0.3 is 6.09 Å². The Kier molecular flexibility index (Phi) is 4.17. The van der Waals surface area contributed by atoms with Crippen LogP contribution >= 0.6 is 11.3 Å². The highest BCUT2D eigenvalue weighted by atomic mass is 32.1. The molecule has 1 N–H and O–H groups in total. The van der Waals surface area contributed by atoms with Crippen molar-refractivity contribution in [3.8, 4) is 10.6 Å². The van der Waals surface area contributed by atoms with E-state index in [4.69, 9.17) is 4.74 Å². The quantitative estimate of drug-likeness (QED) is 0.897. The average molecular weight is 357 g/mol. The van der Waals surface area contributed by atoms with Gasteiger partial charge in [-0.15, -0.1) is 11.3 Å². The van der Waals surface area contributed by atoms with E-state index in [1.807, 2.05) is 40.6 Å². The average Bonchev–Trinajstić information content (AvgIpc) is 3.20. The first kappa shape index (κ1) is 16.1. The van der Waals surface area contributed by atoms with Gasteiger partial charge in [0, 0.05) is 30.5 Å². The van der Waals surface area contributed by atoms with Gasteiger partial charge in [-0.1, -0.05) is 30.3 Å². The zero-order chi connectivity index (χ0) is 17.3. The van der Waals surface area contributed by atoms with Crippen LogP contribution in [0.5, 0.6) is 0 Å². The summed E-state index contributed by atoms with van der Waals surface area (Å²) in [5, 5.41) is 5.40. The highest BCUT2D eigenvalue weighted by Gasteiger charge is 2.42. The van der Waals surface area contributed by atoms with E-state index in [0.717, 1.165) is 23.4 Å². The maximum atomic E-state index is 12.8. The Morgan fingerprint density at radius 2 is 2.08 bits per heavy atom. The van der Waals surface area contributed by atoms with Crippen molar-refractivity contribution in [3.05, 3.63) is 41.4 Å². The van der Waals surface area contributed by atoms with Gasteiger partial charge < -0.3 is 15.0 Å². The van der Waals surface area contributed by atoms with Gasteiger partial charge in [0.15, 0.2) is 0 Å². The summed E-state index contributed by atoms with van der Waals surface area (Å²) in [6.07, 6.45) is 1.90. The predicted molar refractivity (Wildman–Crippen MR) is 94.5 cm³/mol. The first-order chi connectivity index (χ1) is 12.2. The van der Waals surface area contributed by atoms with Crippen LogP contribution in [-0.2, 0) is 4.74 Å². The van der Waals surface area contributed by atoms with Crippen molar-refractivity contribution in [2.75, 3.05) is 19.6 Å². The number of amides is 2. The minimum Gasteiger partial charge on any atom is -0.441 e. The fourth-order valence-electron chi connectivity index (χ4n) is 3.40. The third-order valence-electron chi connectivity index (χ3n) is 4.79. The second-order valence-electron chi connectivity index (χ2n) is 6.48. The minimum atomic E-state index is -0.455. The van der Waals surface area contributed by atoms with E-state index in [1.54, 1.807) is 0 Å². The summed E-state index contributed by atoms with van der Waals surface area (Å²) >= 11 is 1.48. The zero-order valence-electron chi connectivity index (χ0n) is 13.7. The largest absolute Gasteiger partial charge is 0.441 e. The number of ether oxygens (including phenoxy) is 1. The molecule has 4 rings (SSSR count). The van der Waals surface area contributed by atoms with Gasteiger partial charge in [0.1, 0.15) is 16.3 Å². The molecule has 0 aliphatic carbocycles. The molecule has 0 unspecified atom stereocenters. The standard InChI is InChI=1S/C18H19N3O3S/c22-16(14-11-25-15(20-14)13-5-2-1-3-6-13)21-9-4-7-18(8-10-21)12-19-17(23)24-18/h1-3,5-6,11H,4,7-10,12H2,(H,19,23)/t18-/m1/s1. The lowest BCUT2D eigenvalue weighted by Crippen LogP contribution is -2.36. The molecule has 2 aromatic rings. The molecule has 1 spiro atoms. The lowest BCUT2D eigenvalue weighted by Gasteiger charge is -2.24. The number of benzene rings is 1. The molecular formula is C18H19N3O3S. The monoisotopic (exact) mass is 357 g/mol. The van der Waals surface area contributed by atoms with Gasteiger partial charge in [-0.05, 0) is 12.8 Å². The van der Waals surface area contributed by atoms with E-state index in [2.05, 4.69) is 10.3 Å². The number of hydrogen-bond donors (Lipinski definition) is 1. The molecule has 3 heterocycles. The number of thiazole rings is 1. The molecular weight excluding hydrogens is 338 g/mol. The molecule has 0 radical (unpaired) electrons. The van der Waals surface area contributed by atoms with E-state index in [-0.39, 0.29) is 12.0 Å². The van der Waals surface area contributed by atoms with E-state index in [1.165, 1.54) is 11.3 Å². The second kappa shape index (κ2) is 6.48. The number of nitrogens with zero attached hydrogens (tertiary/aromatic N) is 2. The molecule has 2 aliphatic heterocycles. The van der Waals surface area contributed by atoms with Gasteiger partial charge in [-0.25, -0.2) is 9.78 Å². The van der Waals surface area contributed by atoms with E-state index >= 15 is 0 Å². The molecule has 2 fully saturated rings. The van der Waals surface area contributed by atoms with Crippen LogP contribution in [0, 0.1) is 0 Å². The van der Waals surface area contributed by atoms with Crippen LogP contribution in [0.15, 0.2) is 35.7 Å². The molecule has 2 aliphatic rings. The molecule has 2 amide bonds. The number of nitrogens with one attached hydrogen (secondary N) is 1. The van der Waals surface area contributed by atoms with Crippen molar-refractivity contribution in [2.45, 2.75) is 24.9 Å². The molecule has 6 nitrogen and oxygen atoms in total. The van der Waals surface area contributed by atoms with Crippen molar-refractivity contribution in [1.29, 1.82) is 0 Å². The summed E-state index contributed by atoms with van der Waals surface area (Å²) in [5.41, 5.74) is 1.05. The lowest BCUT2D eigenvalue weighted by molar-refractivity contribution is 0.0438. The third-order valence-corrected chi connectivity index (χ3v) is 5.68. The number of rotatable bonds is 2. The summed E-state index contributed by atoms with van der Waals surface area (Å²) in [4.78, 5) is 30.5. The van der Waals surface area contributed by atoms with Crippen LogP contribution in [0.2, 0.25) is 0 Å². The molecule has 7 heteroatoms. The number of hydrogen-bond acceptors (Lipinski definition) is 5. The Morgan fingerprint density at radius 3 is 2.84 bits per heavy atom. The van der Waals surface area contributed by atoms with Crippen LogP contribution in [0.25, 0.3) is 10.6 Å². The van der Waals surface area contributed by atoms with Gasteiger partial charge in [0.25, 0.3) is 5.91 Å². The highest BCUT2D eigenvalue weighted by Crippen LogP contribution is 2.30. The molecule has 0 saturated carbocycles. The van der Waals surface area contributed by atoms with Crippen LogP contribution in [0.4, 0.5) is 4.79 Å². The number of aromatic nitrogens is 1. The van der Waals surface area contributed by atoms with Gasteiger partial charge in [0.2, 0.25) is 0 Å². The summed E-state index contributed by atoms with van der Waals surface area (Å²) in [6, 6.07) is 9.86. The van der Waals surface area contributed by atoms with E-state index < -0.39 is 5.60 Å². The topological polar surface area (TPSA) is 71.5 Å². The highest BCUT2D eigenvalue weighted by molar-refractivity contribution is 7.13. The number of carbonyl (C=O) groups is 2. The lowest BCUT2D eigenvalue weighted by atomic mass is 9.95. The first-order valence-corrected chi connectivity index (χ1v) is 9.30. The van der Waals surface area contributed by atoms with Crippen LogP contribution in [0.3, 0.4) is 0 Å². The first-order valence-electron chi connectivity index (χ1n) is 8.42. The van der Waals surface area contributed by atoms with Crippen LogP contribution in [0.1, 0.15) is 29.8 Å². The van der Waals surface area contributed by atoms with Gasteiger partial charge in [0.05, 0.1) is 6.54 Å². The van der Waals surface area contributed by atoms with E-state index in [9.17, 15) is 9.59 Å². The maximum absolute atomic E-state index is 12.8. The van der Waals surface area contributed by atoms with Crippen molar-refractivity contribution in [3.63, 3.8) is 0 Å². The number of carbonyl (C=O) groups excluding carboxylic acids is 2. The summed E-state index contributed by atoms with van der Waals surface area (Å²) in [7, 11) is 0. The SMILES string of the molecule is O=C1NC[C@]2(CCCN(C(=O)c3csc(-c4ccccc4)n3)CC2)O1. The number of alkyl carbamates (subject to hydrolysis) is 1. The molecule has 1 atom stereocenters. The van der Waals surface area contributed by atoms with Crippen molar-refractivity contribution < 1.29 is 14.3 Å². The Hall–Kier alpha value is -2.41. The van der Waals surface area contributed by atoms with Crippen LogP contribution < -0.4 is 5.32 Å². The van der Waals surface area contributed by atoms with Gasteiger partial charge in [-0.3, -0.25) is 4.79 Å². The fraction of sp³-hybridized carbons (Fsp3) is 0.389. The smallest absolute Gasteiger partial charge is 0.407 e. The zero-order valence-corrected chi connectivity index (χ0v) is 14.6. The molecule has 1 aromatic carbocycles. The molecule has 130 valence electrons. The minimum absolute atomic E-state index is 0.0484. The molecule has 1 aromatic heterocycles. The number of likely N-dealkylation sites (tertiary alicyclic amines) is 1.